The minimum atomic E-state index is -0.402. The van der Waals surface area contributed by atoms with Gasteiger partial charge in [0.05, 0.1) is 17.2 Å². The van der Waals surface area contributed by atoms with E-state index in [2.05, 4.69) is 23.9 Å². The third-order valence-corrected chi connectivity index (χ3v) is 4.09. The number of hydrogen-bond donors (Lipinski definition) is 0. The molecule has 0 spiro atoms. The monoisotopic (exact) mass is 275 g/mol. The lowest BCUT2D eigenvalue weighted by Gasteiger charge is -2.24. The number of fused-ring (bicyclic) bond motifs is 1. The zero-order valence-corrected chi connectivity index (χ0v) is 11.8. The Hall–Kier alpha value is -1.75. The van der Waals surface area contributed by atoms with Gasteiger partial charge in [-0.15, -0.1) is 0 Å². The van der Waals surface area contributed by atoms with E-state index < -0.39 is 5.82 Å². The lowest BCUT2D eigenvalue weighted by atomic mass is 9.90. The second kappa shape index (κ2) is 4.66. The Morgan fingerprint density at radius 2 is 2.25 bits per heavy atom. The summed E-state index contributed by atoms with van der Waals surface area (Å²) in [6.07, 6.45) is 2.63. The molecule has 0 unspecified atom stereocenters. The minimum absolute atomic E-state index is 0.0707. The summed E-state index contributed by atoms with van der Waals surface area (Å²) in [5.41, 5.74) is 0.452. The topological polar surface area (TPSA) is 38.1 Å². The number of nitrogens with zero attached hydrogens (tertiary/aromatic N) is 3. The molecule has 0 saturated carbocycles. The van der Waals surface area contributed by atoms with Crippen LogP contribution in [0, 0.1) is 11.2 Å². The molecule has 1 aliphatic heterocycles. The zero-order valence-electron chi connectivity index (χ0n) is 11.8. The van der Waals surface area contributed by atoms with Crippen LogP contribution in [0.4, 0.5) is 4.39 Å². The Bertz CT molecular complexity index is 712. The number of benzene rings is 1. The second-order valence-corrected chi connectivity index (χ2v) is 6.14. The molecule has 0 aliphatic carbocycles. The molecule has 1 aromatic heterocycles. The molecule has 5 heteroatoms. The average molecular weight is 275 g/mol. The average Bonchev–Trinajstić information content (AvgIpc) is 2.73. The Morgan fingerprint density at radius 1 is 1.45 bits per heavy atom. The van der Waals surface area contributed by atoms with Crippen LogP contribution in [0.3, 0.4) is 0 Å². The molecule has 1 aliphatic rings. The van der Waals surface area contributed by atoms with Crippen molar-refractivity contribution in [2.75, 3.05) is 20.1 Å². The summed E-state index contributed by atoms with van der Waals surface area (Å²) in [7, 11) is 2.09. The fourth-order valence-electron chi connectivity index (χ4n) is 3.05. The van der Waals surface area contributed by atoms with E-state index in [0.717, 1.165) is 19.5 Å². The van der Waals surface area contributed by atoms with Crippen molar-refractivity contribution in [3.63, 3.8) is 0 Å². The van der Waals surface area contributed by atoms with Gasteiger partial charge < -0.3 is 4.90 Å². The van der Waals surface area contributed by atoms with E-state index in [4.69, 9.17) is 0 Å². The van der Waals surface area contributed by atoms with E-state index in [1.54, 1.807) is 17.0 Å². The molecule has 0 amide bonds. The maximum absolute atomic E-state index is 13.3. The lowest BCUT2D eigenvalue weighted by molar-refractivity contribution is 0.265. The van der Waals surface area contributed by atoms with Crippen molar-refractivity contribution in [1.29, 1.82) is 0 Å². The van der Waals surface area contributed by atoms with Crippen LogP contribution in [0.2, 0.25) is 0 Å². The molecular weight excluding hydrogens is 257 g/mol. The fraction of sp³-hybridized carbons (Fsp3) is 0.467. The zero-order chi connectivity index (χ0) is 14.3. The van der Waals surface area contributed by atoms with Gasteiger partial charge in [-0.25, -0.2) is 9.37 Å². The first-order valence-corrected chi connectivity index (χ1v) is 6.80. The summed E-state index contributed by atoms with van der Waals surface area (Å²) in [6, 6.07) is 4.14. The predicted molar refractivity (Wildman–Crippen MR) is 76.2 cm³/mol. The van der Waals surface area contributed by atoms with Gasteiger partial charge >= 0.3 is 0 Å². The predicted octanol–water partition coefficient (Wildman–Crippen LogP) is 1.88. The third-order valence-electron chi connectivity index (χ3n) is 4.09. The van der Waals surface area contributed by atoms with Gasteiger partial charge in [0.1, 0.15) is 5.82 Å². The number of likely N-dealkylation sites (tertiary alicyclic amines) is 1. The molecule has 106 valence electrons. The maximum atomic E-state index is 13.3. The summed E-state index contributed by atoms with van der Waals surface area (Å²) in [6.45, 7) is 4.80. The molecule has 0 bridgehead atoms. The third kappa shape index (κ3) is 2.33. The summed E-state index contributed by atoms with van der Waals surface area (Å²) in [5, 5.41) is 0.349. The Kier molecular flexibility index (Phi) is 3.09. The molecule has 4 nitrogen and oxygen atoms in total. The van der Waals surface area contributed by atoms with E-state index in [-0.39, 0.29) is 11.0 Å². The highest BCUT2D eigenvalue weighted by Crippen LogP contribution is 2.30. The summed E-state index contributed by atoms with van der Waals surface area (Å²) in [4.78, 5) is 19.0. The van der Waals surface area contributed by atoms with E-state index in [1.807, 2.05) is 0 Å². The van der Waals surface area contributed by atoms with Gasteiger partial charge in [0, 0.05) is 13.1 Å². The second-order valence-electron chi connectivity index (χ2n) is 6.14. The molecule has 2 heterocycles. The maximum Gasteiger partial charge on any atom is 0.261 e. The van der Waals surface area contributed by atoms with Gasteiger partial charge in [-0.1, -0.05) is 6.92 Å². The van der Waals surface area contributed by atoms with Crippen molar-refractivity contribution in [2.45, 2.75) is 19.9 Å². The Balaban J connectivity index is 2.00. The van der Waals surface area contributed by atoms with Crippen molar-refractivity contribution in [1.82, 2.24) is 14.5 Å². The van der Waals surface area contributed by atoms with Gasteiger partial charge in [-0.05, 0) is 43.6 Å². The standard InChI is InChI=1S/C15H18FN3O/c1-15(5-6-18(2)8-15)9-19-10-17-13-4-3-11(16)7-12(13)14(19)20/h3-4,7,10H,5-6,8-9H2,1-2H3/t15-/m0/s1. The van der Waals surface area contributed by atoms with E-state index >= 15 is 0 Å². The van der Waals surface area contributed by atoms with Crippen LogP contribution >= 0.6 is 0 Å². The smallest absolute Gasteiger partial charge is 0.261 e. The van der Waals surface area contributed by atoms with Crippen molar-refractivity contribution in [2.24, 2.45) is 5.41 Å². The Labute approximate surface area is 116 Å². The summed E-state index contributed by atoms with van der Waals surface area (Å²) in [5.74, 6) is -0.402. The molecule has 3 rings (SSSR count). The van der Waals surface area contributed by atoms with Gasteiger partial charge in [-0.3, -0.25) is 9.36 Å². The molecule has 20 heavy (non-hydrogen) atoms. The van der Waals surface area contributed by atoms with Crippen LogP contribution in [-0.4, -0.2) is 34.6 Å². The first-order chi connectivity index (χ1) is 9.47. The fourth-order valence-corrected chi connectivity index (χ4v) is 3.05. The van der Waals surface area contributed by atoms with Crippen LogP contribution in [-0.2, 0) is 6.54 Å². The van der Waals surface area contributed by atoms with Crippen molar-refractivity contribution >= 4 is 10.9 Å². The number of hydrogen-bond acceptors (Lipinski definition) is 3. The number of rotatable bonds is 2. The number of halogens is 1. The molecule has 0 N–H and O–H groups in total. The highest BCUT2D eigenvalue weighted by molar-refractivity contribution is 5.77. The van der Waals surface area contributed by atoms with Crippen molar-refractivity contribution < 1.29 is 4.39 Å². The van der Waals surface area contributed by atoms with E-state index in [0.29, 0.717) is 17.4 Å². The molecule has 1 fully saturated rings. The molecule has 1 saturated heterocycles. The van der Waals surface area contributed by atoms with Gasteiger partial charge in [0.25, 0.3) is 5.56 Å². The van der Waals surface area contributed by atoms with E-state index in [1.165, 1.54) is 12.1 Å². The largest absolute Gasteiger partial charge is 0.306 e. The highest BCUT2D eigenvalue weighted by Gasteiger charge is 2.32. The number of aromatic nitrogens is 2. The molecule has 0 radical (unpaired) electrons. The van der Waals surface area contributed by atoms with Crippen LogP contribution in [0.25, 0.3) is 10.9 Å². The lowest BCUT2D eigenvalue weighted by Crippen LogP contribution is -2.32. The minimum Gasteiger partial charge on any atom is -0.306 e. The summed E-state index contributed by atoms with van der Waals surface area (Å²) < 4.78 is 14.9. The van der Waals surface area contributed by atoms with Gasteiger partial charge in [0.15, 0.2) is 0 Å². The SMILES string of the molecule is CN1CC[C@](C)(Cn2cnc3ccc(F)cc3c2=O)C1. The normalized spacial score (nSPS) is 23.6. The molecule has 1 atom stereocenters. The van der Waals surface area contributed by atoms with Crippen LogP contribution in [0.15, 0.2) is 29.3 Å². The van der Waals surface area contributed by atoms with Crippen LogP contribution in [0.5, 0.6) is 0 Å². The van der Waals surface area contributed by atoms with Crippen molar-refractivity contribution in [3.8, 4) is 0 Å². The van der Waals surface area contributed by atoms with Crippen LogP contribution < -0.4 is 5.56 Å². The molecule has 1 aromatic carbocycles. The van der Waals surface area contributed by atoms with Gasteiger partial charge in [0.2, 0.25) is 0 Å². The molecule has 2 aromatic rings. The van der Waals surface area contributed by atoms with Crippen LogP contribution in [0.1, 0.15) is 13.3 Å². The Morgan fingerprint density at radius 3 is 2.95 bits per heavy atom. The molecular formula is C15H18FN3O. The van der Waals surface area contributed by atoms with Gasteiger partial charge in [-0.2, -0.15) is 0 Å². The highest BCUT2D eigenvalue weighted by atomic mass is 19.1. The van der Waals surface area contributed by atoms with Crippen molar-refractivity contribution in [3.05, 3.63) is 40.7 Å². The first-order valence-electron chi connectivity index (χ1n) is 6.80. The quantitative estimate of drug-likeness (QED) is 0.840. The summed E-state index contributed by atoms with van der Waals surface area (Å²) >= 11 is 0. The first kappa shape index (κ1) is 13.2. The van der Waals surface area contributed by atoms with E-state index in [9.17, 15) is 9.18 Å².